The van der Waals surface area contributed by atoms with E-state index in [0.717, 1.165) is 44.9 Å². The summed E-state index contributed by atoms with van der Waals surface area (Å²) in [6.07, 6.45) is 7.23. The van der Waals surface area contributed by atoms with Crippen molar-refractivity contribution in [3.8, 4) is 11.5 Å². The van der Waals surface area contributed by atoms with E-state index in [-0.39, 0.29) is 6.61 Å². The van der Waals surface area contributed by atoms with Gasteiger partial charge in [0.25, 0.3) is 0 Å². The first kappa shape index (κ1) is 22.3. The van der Waals surface area contributed by atoms with Crippen LogP contribution in [-0.2, 0) is 6.54 Å². The highest BCUT2D eigenvalue weighted by atomic mass is 16.5. The molecule has 2 fully saturated rings. The van der Waals surface area contributed by atoms with E-state index in [1.54, 1.807) is 7.11 Å². The second kappa shape index (κ2) is 11.7. The van der Waals surface area contributed by atoms with E-state index in [9.17, 15) is 5.11 Å². The molecule has 1 atom stereocenters. The predicted octanol–water partition coefficient (Wildman–Crippen LogP) is 2.49. The average Bonchev–Trinajstić information content (AvgIpc) is 2.95. The van der Waals surface area contributed by atoms with Gasteiger partial charge in [0.1, 0.15) is 12.7 Å². The number of likely N-dealkylation sites (N-methyl/N-ethyl adjacent to an activating group) is 1. The minimum absolute atomic E-state index is 0.280. The van der Waals surface area contributed by atoms with Gasteiger partial charge in [-0.25, -0.2) is 0 Å². The minimum atomic E-state index is -0.507. The molecular formula is C23H39N3O3. The molecule has 29 heavy (non-hydrogen) atoms. The number of hydrogen-bond donors (Lipinski definition) is 2. The molecule has 0 amide bonds. The molecule has 6 heteroatoms. The van der Waals surface area contributed by atoms with Gasteiger partial charge in [-0.1, -0.05) is 25.3 Å². The molecule has 3 rings (SSSR count). The van der Waals surface area contributed by atoms with Crippen LogP contribution in [0, 0.1) is 0 Å². The Kier molecular flexibility index (Phi) is 9.05. The first-order chi connectivity index (χ1) is 14.1. The van der Waals surface area contributed by atoms with Gasteiger partial charge < -0.3 is 24.8 Å². The maximum absolute atomic E-state index is 10.5. The van der Waals surface area contributed by atoms with Crippen LogP contribution >= 0.6 is 0 Å². The Morgan fingerprint density at radius 3 is 2.69 bits per heavy atom. The molecule has 1 aliphatic heterocycles. The van der Waals surface area contributed by atoms with Crippen LogP contribution in [0.15, 0.2) is 18.2 Å². The first-order valence-corrected chi connectivity index (χ1v) is 11.3. The molecule has 164 valence electrons. The molecule has 1 heterocycles. The van der Waals surface area contributed by atoms with Crippen molar-refractivity contribution in [1.29, 1.82) is 0 Å². The quantitative estimate of drug-likeness (QED) is 0.658. The molecule has 6 nitrogen and oxygen atoms in total. The minimum Gasteiger partial charge on any atom is -0.493 e. The molecule has 1 saturated carbocycles. The summed E-state index contributed by atoms with van der Waals surface area (Å²) in [7, 11) is 3.82. The van der Waals surface area contributed by atoms with Gasteiger partial charge in [0, 0.05) is 32.2 Å². The molecule has 2 N–H and O–H groups in total. The highest BCUT2D eigenvalue weighted by Crippen LogP contribution is 2.28. The van der Waals surface area contributed by atoms with Crippen molar-refractivity contribution in [3.63, 3.8) is 0 Å². The normalized spacial score (nSPS) is 20.9. The molecular weight excluding hydrogens is 366 g/mol. The molecule has 1 aromatic rings. The number of nitrogens with one attached hydrogen (secondary N) is 1. The SMILES string of the molecule is COc1ccc(CNC2CCCCC2)cc1OCC(O)CN1CCCN(C)CC1. The van der Waals surface area contributed by atoms with Crippen LogP contribution in [0.4, 0.5) is 0 Å². The van der Waals surface area contributed by atoms with Crippen molar-refractivity contribution in [3.05, 3.63) is 23.8 Å². The summed E-state index contributed by atoms with van der Waals surface area (Å²) >= 11 is 0. The highest BCUT2D eigenvalue weighted by Gasteiger charge is 2.17. The Morgan fingerprint density at radius 1 is 1.07 bits per heavy atom. The Bertz CT molecular complexity index is 607. The number of aliphatic hydroxyl groups is 1. The van der Waals surface area contributed by atoms with Gasteiger partial charge in [-0.05, 0) is 57.1 Å². The number of methoxy groups -OCH3 is 1. The number of hydrogen-bond acceptors (Lipinski definition) is 6. The van der Waals surface area contributed by atoms with Crippen molar-refractivity contribution < 1.29 is 14.6 Å². The molecule has 1 saturated heterocycles. The monoisotopic (exact) mass is 405 g/mol. The number of nitrogens with zero attached hydrogens (tertiary/aromatic N) is 2. The van der Waals surface area contributed by atoms with Crippen LogP contribution in [0.5, 0.6) is 11.5 Å². The molecule has 0 bridgehead atoms. The van der Waals surface area contributed by atoms with Crippen molar-refractivity contribution in [1.82, 2.24) is 15.1 Å². The van der Waals surface area contributed by atoms with Crippen LogP contribution in [0.25, 0.3) is 0 Å². The molecule has 1 aromatic carbocycles. The smallest absolute Gasteiger partial charge is 0.161 e. The summed E-state index contributed by atoms with van der Waals surface area (Å²) in [6.45, 7) is 5.99. The molecule has 0 aromatic heterocycles. The third-order valence-electron chi connectivity index (χ3n) is 6.14. The fourth-order valence-electron chi connectivity index (χ4n) is 4.33. The molecule has 0 spiro atoms. The lowest BCUT2D eigenvalue weighted by Gasteiger charge is -2.24. The van der Waals surface area contributed by atoms with Crippen LogP contribution in [0.2, 0.25) is 0 Å². The maximum atomic E-state index is 10.5. The van der Waals surface area contributed by atoms with Crippen LogP contribution in [0.1, 0.15) is 44.1 Å². The Balaban J connectivity index is 1.49. The zero-order valence-corrected chi connectivity index (χ0v) is 18.2. The van der Waals surface area contributed by atoms with Gasteiger partial charge in [-0.2, -0.15) is 0 Å². The number of β-amino-alcohol motifs (C(OH)–C–C–N with tert-alkyl or cyclic N) is 1. The Labute approximate surface area is 176 Å². The fourth-order valence-corrected chi connectivity index (χ4v) is 4.33. The van der Waals surface area contributed by atoms with E-state index >= 15 is 0 Å². The largest absolute Gasteiger partial charge is 0.493 e. The van der Waals surface area contributed by atoms with E-state index in [1.165, 1.54) is 37.7 Å². The fraction of sp³-hybridized carbons (Fsp3) is 0.739. The van der Waals surface area contributed by atoms with Crippen molar-refractivity contribution in [2.24, 2.45) is 0 Å². The highest BCUT2D eigenvalue weighted by molar-refractivity contribution is 5.43. The van der Waals surface area contributed by atoms with Crippen LogP contribution < -0.4 is 14.8 Å². The first-order valence-electron chi connectivity index (χ1n) is 11.3. The zero-order chi connectivity index (χ0) is 20.5. The summed E-state index contributed by atoms with van der Waals surface area (Å²) in [5.41, 5.74) is 1.19. The lowest BCUT2D eigenvalue weighted by molar-refractivity contribution is 0.0685. The molecule has 2 aliphatic rings. The van der Waals surface area contributed by atoms with Gasteiger partial charge in [-0.3, -0.25) is 4.90 Å². The topological polar surface area (TPSA) is 57.2 Å². The van der Waals surface area contributed by atoms with Crippen LogP contribution in [0.3, 0.4) is 0 Å². The van der Waals surface area contributed by atoms with E-state index in [0.29, 0.717) is 18.3 Å². The number of ether oxygens (including phenoxy) is 2. The van der Waals surface area contributed by atoms with Crippen molar-refractivity contribution in [2.75, 3.05) is 53.5 Å². The summed E-state index contributed by atoms with van der Waals surface area (Å²) in [5, 5.41) is 14.2. The van der Waals surface area contributed by atoms with E-state index < -0.39 is 6.10 Å². The summed E-state index contributed by atoms with van der Waals surface area (Å²) in [5.74, 6) is 1.43. The van der Waals surface area contributed by atoms with E-state index in [2.05, 4.69) is 28.2 Å². The Morgan fingerprint density at radius 2 is 1.90 bits per heavy atom. The predicted molar refractivity (Wildman–Crippen MR) is 117 cm³/mol. The van der Waals surface area contributed by atoms with Gasteiger partial charge in [0.05, 0.1) is 7.11 Å². The third kappa shape index (κ3) is 7.45. The second-order valence-electron chi connectivity index (χ2n) is 8.62. The van der Waals surface area contributed by atoms with Crippen molar-refractivity contribution in [2.45, 2.75) is 57.2 Å². The summed E-state index contributed by atoms with van der Waals surface area (Å²) in [4.78, 5) is 4.68. The van der Waals surface area contributed by atoms with E-state index in [4.69, 9.17) is 9.47 Å². The summed E-state index contributed by atoms with van der Waals surface area (Å²) < 4.78 is 11.4. The number of aliphatic hydroxyl groups excluding tert-OH is 1. The third-order valence-corrected chi connectivity index (χ3v) is 6.14. The van der Waals surface area contributed by atoms with Gasteiger partial charge in [0.15, 0.2) is 11.5 Å². The Hall–Kier alpha value is -1.34. The standard InChI is InChI=1S/C23H39N3O3/c1-25-11-6-12-26(14-13-25)17-21(27)18-29-23-15-19(9-10-22(23)28-2)16-24-20-7-4-3-5-8-20/h9-10,15,20-21,24,27H,3-8,11-14,16-18H2,1-2H3. The van der Waals surface area contributed by atoms with Gasteiger partial charge in [0.2, 0.25) is 0 Å². The van der Waals surface area contributed by atoms with Gasteiger partial charge in [-0.15, -0.1) is 0 Å². The number of rotatable bonds is 9. The summed E-state index contributed by atoms with van der Waals surface area (Å²) in [6, 6.07) is 6.72. The molecule has 0 radical (unpaired) electrons. The molecule has 1 aliphatic carbocycles. The van der Waals surface area contributed by atoms with Crippen molar-refractivity contribution >= 4 is 0 Å². The lowest BCUT2D eigenvalue weighted by Crippen LogP contribution is -2.37. The lowest BCUT2D eigenvalue weighted by atomic mass is 9.95. The van der Waals surface area contributed by atoms with Gasteiger partial charge >= 0.3 is 0 Å². The average molecular weight is 406 g/mol. The maximum Gasteiger partial charge on any atom is 0.161 e. The number of benzene rings is 1. The second-order valence-corrected chi connectivity index (χ2v) is 8.62. The van der Waals surface area contributed by atoms with Crippen LogP contribution in [-0.4, -0.2) is 80.5 Å². The molecule has 1 unspecified atom stereocenters. The van der Waals surface area contributed by atoms with E-state index in [1.807, 2.05) is 12.1 Å². The zero-order valence-electron chi connectivity index (χ0n) is 18.2.